The third-order valence-electron chi connectivity index (χ3n) is 2.46. The smallest absolute Gasteiger partial charge is 0.307 e. The SMILES string of the molecule is COC(=O)CCN(C)c1ccccc1S(N)(=O)=O. The van der Waals surface area contributed by atoms with Crippen molar-refractivity contribution in [2.75, 3.05) is 25.6 Å². The van der Waals surface area contributed by atoms with Crippen LogP contribution in [0.15, 0.2) is 29.2 Å². The van der Waals surface area contributed by atoms with Crippen molar-refractivity contribution in [3.63, 3.8) is 0 Å². The summed E-state index contributed by atoms with van der Waals surface area (Å²) in [4.78, 5) is 12.7. The molecule has 0 atom stereocenters. The van der Waals surface area contributed by atoms with Crippen LogP contribution >= 0.6 is 0 Å². The molecule has 0 aromatic heterocycles. The zero-order chi connectivity index (χ0) is 13.8. The highest BCUT2D eigenvalue weighted by molar-refractivity contribution is 7.89. The first kappa shape index (κ1) is 14.5. The van der Waals surface area contributed by atoms with Crippen molar-refractivity contribution in [3.05, 3.63) is 24.3 Å². The molecular weight excluding hydrogens is 256 g/mol. The molecule has 18 heavy (non-hydrogen) atoms. The number of methoxy groups -OCH3 is 1. The monoisotopic (exact) mass is 272 g/mol. The summed E-state index contributed by atoms with van der Waals surface area (Å²) in [5.41, 5.74) is 0.462. The number of ether oxygens (including phenoxy) is 1. The fraction of sp³-hybridized carbons (Fsp3) is 0.364. The highest BCUT2D eigenvalue weighted by atomic mass is 32.2. The Morgan fingerprint density at radius 3 is 2.56 bits per heavy atom. The van der Waals surface area contributed by atoms with Crippen molar-refractivity contribution < 1.29 is 17.9 Å². The van der Waals surface area contributed by atoms with Crippen molar-refractivity contribution >= 4 is 21.7 Å². The van der Waals surface area contributed by atoms with E-state index in [1.807, 2.05) is 0 Å². The summed E-state index contributed by atoms with van der Waals surface area (Å²) < 4.78 is 27.3. The van der Waals surface area contributed by atoms with Crippen LogP contribution in [0.1, 0.15) is 6.42 Å². The molecule has 6 nitrogen and oxygen atoms in total. The Kier molecular flexibility index (Phi) is 4.69. The molecule has 0 aliphatic rings. The van der Waals surface area contributed by atoms with E-state index >= 15 is 0 Å². The minimum absolute atomic E-state index is 0.0392. The first-order valence-corrected chi connectivity index (χ1v) is 6.80. The summed E-state index contributed by atoms with van der Waals surface area (Å²) in [5, 5.41) is 5.13. The maximum Gasteiger partial charge on any atom is 0.307 e. The van der Waals surface area contributed by atoms with Gasteiger partial charge in [-0.2, -0.15) is 0 Å². The Bertz CT molecular complexity index is 528. The summed E-state index contributed by atoms with van der Waals surface area (Å²) in [6, 6.07) is 6.37. The molecule has 0 amide bonds. The molecule has 1 rings (SSSR count). The summed E-state index contributed by atoms with van der Waals surface area (Å²) in [5.74, 6) is -0.352. The lowest BCUT2D eigenvalue weighted by molar-refractivity contribution is -0.140. The first-order valence-electron chi connectivity index (χ1n) is 5.26. The minimum Gasteiger partial charge on any atom is -0.469 e. The van der Waals surface area contributed by atoms with Crippen molar-refractivity contribution in [2.24, 2.45) is 5.14 Å². The van der Waals surface area contributed by atoms with Crippen molar-refractivity contribution in [1.82, 2.24) is 0 Å². The third-order valence-corrected chi connectivity index (χ3v) is 3.42. The second kappa shape index (κ2) is 5.83. The summed E-state index contributed by atoms with van der Waals surface area (Å²) in [7, 11) is -0.787. The van der Waals surface area contributed by atoms with E-state index in [4.69, 9.17) is 5.14 Å². The largest absolute Gasteiger partial charge is 0.469 e. The average Bonchev–Trinajstić information content (AvgIpc) is 2.34. The molecule has 0 heterocycles. The highest BCUT2D eigenvalue weighted by Gasteiger charge is 2.16. The lowest BCUT2D eigenvalue weighted by Crippen LogP contribution is -2.25. The minimum atomic E-state index is -3.78. The Hall–Kier alpha value is -1.60. The predicted octanol–water partition coefficient (Wildman–Crippen LogP) is 0.333. The second-order valence-corrected chi connectivity index (χ2v) is 5.29. The lowest BCUT2D eigenvalue weighted by Gasteiger charge is -2.20. The number of esters is 1. The summed E-state index contributed by atoms with van der Waals surface area (Å²) in [6.45, 7) is 0.346. The Morgan fingerprint density at radius 2 is 2.00 bits per heavy atom. The zero-order valence-corrected chi connectivity index (χ0v) is 11.1. The number of hydrogen-bond acceptors (Lipinski definition) is 5. The normalized spacial score (nSPS) is 11.1. The van der Waals surface area contributed by atoms with Crippen LogP contribution in [-0.2, 0) is 19.6 Å². The molecule has 1 aromatic carbocycles. The molecule has 2 N–H and O–H groups in total. The number of sulfonamides is 1. The molecule has 0 bridgehead atoms. The molecular formula is C11H16N2O4S. The molecule has 0 radical (unpaired) electrons. The van der Waals surface area contributed by atoms with E-state index in [0.29, 0.717) is 12.2 Å². The number of nitrogens with zero attached hydrogens (tertiary/aromatic N) is 1. The Balaban J connectivity index is 2.93. The summed E-state index contributed by atoms with van der Waals surface area (Å²) in [6.07, 6.45) is 0.173. The number of carbonyl (C=O) groups excluding carboxylic acids is 1. The van der Waals surface area contributed by atoms with Gasteiger partial charge in [0.25, 0.3) is 0 Å². The number of primary sulfonamides is 1. The van der Waals surface area contributed by atoms with Gasteiger partial charge in [0.15, 0.2) is 0 Å². The van der Waals surface area contributed by atoms with E-state index in [-0.39, 0.29) is 17.3 Å². The highest BCUT2D eigenvalue weighted by Crippen LogP contribution is 2.22. The van der Waals surface area contributed by atoms with Gasteiger partial charge < -0.3 is 9.64 Å². The van der Waals surface area contributed by atoms with Crippen molar-refractivity contribution in [3.8, 4) is 0 Å². The second-order valence-electron chi connectivity index (χ2n) is 3.76. The van der Waals surface area contributed by atoms with E-state index in [1.54, 1.807) is 30.1 Å². The van der Waals surface area contributed by atoms with E-state index in [9.17, 15) is 13.2 Å². The third kappa shape index (κ3) is 3.71. The maximum absolute atomic E-state index is 11.4. The molecule has 0 saturated heterocycles. The van der Waals surface area contributed by atoms with Crippen LogP contribution in [0.3, 0.4) is 0 Å². The van der Waals surface area contributed by atoms with Gasteiger partial charge in [-0.1, -0.05) is 12.1 Å². The maximum atomic E-state index is 11.4. The topological polar surface area (TPSA) is 89.7 Å². The van der Waals surface area contributed by atoms with Gasteiger partial charge in [-0.25, -0.2) is 13.6 Å². The number of rotatable bonds is 5. The molecule has 1 aromatic rings. The Morgan fingerprint density at radius 1 is 1.39 bits per heavy atom. The molecule has 0 aliphatic heterocycles. The van der Waals surface area contributed by atoms with Crippen LogP contribution in [0.25, 0.3) is 0 Å². The van der Waals surface area contributed by atoms with Gasteiger partial charge in [-0.3, -0.25) is 4.79 Å². The molecule has 0 aliphatic carbocycles. The molecule has 7 heteroatoms. The van der Waals surface area contributed by atoms with E-state index in [1.165, 1.54) is 13.2 Å². The van der Waals surface area contributed by atoms with E-state index in [0.717, 1.165) is 0 Å². The van der Waals surface area contributed by atoms with Gasteiger partial charge in [0.05, 0.1) is 19.2 Å². The van der Waals surface area contributed by atoms with Gasteiger partial charge in [0, 0.05) is 13.6 Å². The van der Waals surface area contributed by atoms with Crippen molar-refractivity contribution in [2.45, 2.75) is 11.3 Å². The number of anilines is 1. The fourth-order valence-electron chi connectivity index (χ4n) is 1.49. The standard InChI is InChI=1S/C11H16N2O4S/c1-13(8-7-11(14)17-2)9-5-3-4-6-10(9)18(12,15)16/h3-6H,7-8H2,1-2H3,(H2,12,15,16). The molecule has 0 unspecified atom stereocenters. The van der Waals surface area contributed by atoms with E-state index in [2.05, 4.69) is 4.74 Å². The van der Waals surface area contributed by atoms with Crippen molar-refractivity contribution in [1.29, 1.82) is 0 Å². The van der Waals surface area contributed by atoms with Gasteiger partial charge in [0.2, 0.25) is 10.0 Å². The number of hydrogen-bond donors (Lipinski definition) is 1. The Labute approximate surface area is 106 Å². The molecule has 0 saturated carbocycles. The lowest BCUT2D eigenvalue weighted by atomic mass is 10.3. The van der Waals surface area contributed by atoms with E-state index < -0.39 is 10.0 Å². The first-order chi connectivity index (χ1) is 8.36. The van der Waals surface area contributed by atoms with Crippen LogP contribution in [0, 0.1) is 0 Å². The number of benzene rings is 1. The van der Waals surface area contributed by atoms with Crippen LogP contribution < -0.4 is 10.0 Å². The molecule has 100 valence electrons. The van der Waals surface area contributed by atoms with Crippen LogP contribution in [-0.4, -0.2) is 35.1 Å². The van der Waals surface area contributed by atoms with Gasteiger partial charge >= 0.3 is 5.97 Å². The zero-order valence-electron chi connectivity index (χ0n) is 10.3. The van der Waals surface area contributed by atoms with Gasteiger partial charge in [0.1, 0.15) is 4.90 Å². The number of carbonyl (C=O) groups is 1. The van der Waals surface area contributed by atoms with Gasteiger partial charge in [-0.15, -0.1) is 0 Å². The predicted molar refractivity (Wildman–Crippen MR) is 67.7 cm³/mol. The van der Waals surface area contributed by atoms with Crippen LogP contribution in [0.4, 0.5) is 5.69 Å². The van der Waals surface area contributed by atoms with Crippen LogP contribution in [0.2, 0.25) is 0 Å². The average molecular weight is 272 g/mol. The van der Waals surface area contributed by atoms with Gasteiger partial charge in [-0.05, 0) is 12.1 Å². The molecule has 0 fully saturated rings. The van der Waals surface area contributed by atoms with Crippen LogP contribution in [0.5, 0.6) is 0 Å². The fourth-order valence-corrected chi connectivity index (χ4v) is 2.28. The quantitative estimate of drug-likeness (QED) is 0.780. The molecule has 0 spiro atoms. The summed E-state index contributed by atoms with van der Waals surface area (Å²) >= 11 is 0. The number of nitrogens with two attached hydrogens (primary N) is 1. The number of para-hydroxylation sites is 1.